The van der Waals surface area contributed by atoms with Crippen molar-refractivity contribution in [1.29, 1.82) is 0 Å². The number of carbonyl (C=O) groups excluding carboxylic acids is 1. The van der Waals surface area contributed by atoms with E-state index in [9.17, 15) is 4.79 Å². The quantitative estimate of drug-likeness (QED) is 0.521. The minimum absolute atomic E-state index is 0.327. The maximum absolute atomic E-state index is 11.2. The van der Waals surface area contributed by atoms with Crippen molar-refractivity contribution in [2.45, 2.75) is 40.0 Å². The largest absolute Gasteiger partial charge is 0.295 e. The molecule has 1 rings (SSSR count). The van der Waals surface area contributed by atoms with Crippen LogP contribution in [0.1, 0.15) is 40.0 Å². The van der Waals surface area contributed by atoms with Crippen LogP contribution < -0.4 is 0 Å². The Morgan fingerprint density at radius 1 is 1.45 bits per heavy atom. The van der Waals surface area contributed by atoms with Crippen LogP contribution >= 0.6 is 0 Å². The van der Waals surface area contributed by atoms with Crippen molar-refractivity contribution in [3.05, 3.63) is 11.6 Å². The molecule has 1 nitrogen and oxygen atoms in total. The molecule has 0 atom stereocenters. The van der Waals surface area contributed by atoms with Gasteiger partial charge in [0, 0.05) is 6.42 Å². The minimum Gasteiger partial charge on any atom is -0.295 e. The second kappa shape index (κ2) is 2.80. The summed E-state index contributed by atoms with van der Waals surface area (Å²) >= 11 is 0. The second-order valence-electron chi connectivity index (χ2n) is 4.18. The number of Topliss-reactive ketones (excluding diaryl/α,β-unsaturated/α-hetero) is 1. The highest BCUT2D eigenvalue weighted by atomic mass is 16.1. The minimum atomic E-state index is 0.327. The molecule has 0 aliphatic heterocycles. The molecule has 0 amide bonds. The summed E-state index contributed by atoms with van der Waals surface area (Å²) < 4.78 is 0. The summed E-state index contributed by atoms with van der Waals surface area (Å²) in [5, 5.41) is 0. The molecule has 0 aromatic heterocycles. The molecule has 11 heavy (non-hydrogen) atoms. The van der Waals surface area contributed by atoms with Gasteiger partial charge in [-0.25, -0.2) is 0 Å². The fourth-order valence-electron chi connectivity index (χ4n) is 1.29. The van der Waals surface area contributed by atoms with Crippen LogP contribution in [-0.2, 0) is 4.79 Å². The molecule has 1 aliphatic carbocycles. The molecule has 1 aliphatic rings. The molecule has 0 N–H and O–H groups in total. The average Bonchev–Trinajstić information content (AvgIpc) is 2.03. The first kappa shape index (κ1) is 8.51. The first-order valence-electron chi connectivity index (χ1n) is 4.21. The van der Waals surface area contributed by atoms with E-state index in [2.05, 4.69) is 19.9 Å². The molecule has 0 saturated carbocycles. The third-order valence-electron chi connectivity index (χ3n) is 2.43. The van der Waals surface area contributed by atoms with Gasteiger partial charge in [-0.05, 0) is 30.8 Å². The molecule has 0 aromatic rings. The van der Waals surface area contributed by atoms with Crippen molar-refractivity contribution in [2.75, 3.05) is 0 Å². The molecule has 0 spiro atoms. The third kappa shape index (κ3) is 2.18. The summed E-state index contributed by atoms with van der Waals surface area (Å²) in [6.45, 7) is 6.36. The van der Waals surface area contributed by atoms with Gasteiger partial charge in [0.1, 0.15) is 0 Å². The Morgan fingerprint density at radius 3 is 2.73 bits per heavy atom. The lowest BCUT2D eigenvalue weighted by molar-refractivity contribution is -0.115. The van der Waals surface area contributed by atoms with Crippen molar-refractivity contribution in [3.63, 3.8) is 0 Å². The number of allylic oxidation sites excluding steroid dienone is 2. The molecule has 0 bridgehead atoms. The van der Waals surface area contributed by atoms with Crippen LogP contribution in [0.3, 0.4) is 0 Å². The summed E-state index contributed by atoms with van der Waals surface area (Å²) in [6, 6.07) is 0. The van der Waals surface area contributed by atoms with E-state index >= 15 is 0 Å². The predicted octanol–water partition coefficient (Wildman–Crippen LogP) is 2.71. The molecular formula is C10H16O. The van der Waals surface area contributed by atoms with Crippen LogP contribution in [0, 0.1) is 5.41 Å². The average molecular weight is 152 g/mol. The molecular weight excluding hydrogens is 136 g/mol. The zero-order valence-corrected chi connectivity index (χ0v) is 7.61. The van der Waals surface area contributed by atoms with Crippen LogP contribution in [0.2, 0.25) is 0 Å². The van der Waals surface area contributed by atoms with E-state index in [4.69, 9.17) is 0 Å². The highest BCUT2D eigenvalue weighted by molar-refractivity contribution is 5.94. The van der Waals surface area contributed by atoms with E-state index < -0.39 is 0 Å². The SMILES string of the molecule is CC1=CCC(C)(C)CCC1=O. The lowest BCUT2D eigenvalue weighted by Gasteiger charge is -2.19. The first-order chi connectivity index (χ1) is 5.01. The van der Waals surface area contributed by atoms with Crippen LogP contribution in [0.4, 0.5) is 0 Å². The van der Waals surface area contributed by atoms with Crippen LogP contribution in [-0.4, -0.2) is 5.78 Å². The highest BCUT2D eigenvalue weighted by Crippen LogP contribution is 2.31. The van der Waals surface area contributed by atoms with Crippen molar-refractivity contribution in [3.8, 4) is 0 Å². The van der Waals surface area contributed by atoms with Crippen molar-refractivity contribution >= 4 is 5.78 Å². The van der Waals surface area contributed by atoms with Crippen molar-refractivity contribution in [2.24, 2.45) is 5.41 Å². The van der Waals surface area contributed by atoms with Gasteiger partial charge in [-0.2, -0.15) is 0 Å². The van der Waals surface area contributed by atoms with Gasteiger partial charge in [-0.3, -0.25) is 4.79 Å². The van der Waals surface area contributed by atoms with Gasteiger partial charge < -0.3 is 0 Å². The zero-order valence-electron chi connectivity index (χ0n) is 7.61. The fourth-order valence-corrected chi connectivity index (χ4v) is 1.29. The van der Waals surface area contributed by atoms with E-state index in [0.717, 1.165) is 24.8 Å². The Morgan fingerprint density at radius 2 is 2.09 bits per heavy atom. The maximum Gasteiger partial charge on any atom is 0.158 e. The monoisotopic (exact) mass is 152 g/mol. The Labute approximate surface area is 68.5 Å². The van der Waals surface area contributed by atoms with E-state index in [1.54, 1.807) is 0 Å². The zero-order chi connectivity index (χ0) is 8.48. The summed E-state index contributed by atoms with van der Waals surface area (Å²) in [5.74, 6) is 0.329. The normalized spacial score (nSPS) is 24.3. The number of carbonyl (C=O) groups is 1. The maximum atomic E-state index is 11.2. The van der Waals surface area contributed by atoms with Crippen molar-refractivity contribution in [1.82, 2.24) is 0 Å². The van der Waals surface area contributed by atoms with Crippen molar-refractivity contribution < 1.29 is 4.79 Å². The second-order valence-corrected chi connectivity index (χ2v) is 4.18. The molecule has 0 fully saturated rings. The van der Waals surface area contributed by atoms with E-state index in [-0.39, 0.29) is 0 Å². The van der Waals surface area contributed by atoms with Gasteiger partial charge in [0.2, 0.25) is 0 Å². The van der Waals surface area contributed by atoms with Gasteiger partial charge >= 0.3 is 0 Å². The molecule has 1 heteroatoms. The Kier molecular flexibility index (Phi) is 2.17. The lowest BCUT2D eigenvalue weighted by Crippen LogP contribution is -2.09. The summed E-state index contributed by atoms with van der Waals surface area (Å²) in [4.78, 5) is 11.2. The highest BCUT2D eigenvalue weighted by Gasteiger charge is 2.21. The van der Waals surface area contributed by atoms with Gasteiger partial charge in [0.15, 0.2) is 5.78 Å². The Bertz CT molecular complexity index is 199. The summed E-state index contributed by atoms with van der Waals surface area (Å²) in [6.07, 6.45) is 4.88. The van der Waals surface area contributed by atoms with Crippen LogP contribution in [0.5, 0.6) is 0 Å². The third-order valence-corrected chi connectivity index (χ3v) is 2.43. The lowest BCUT2D eigenvalue weighted by atomic mass is 9.85. The van der Waals surface area contributed by atoms with Crippen LogP contribution in [0.15, 0.2) is 11.6 Å². The molecule has 0 unspecified atom stereocenters. The van der Waals surface area contributed by atoms with Gasteiger partial charge in [-0.15, -0.1) is 0 Å². The van der Waals surface area contributed by atoms with Gasteiger partial charge in [-0.1, -0.05) is 19.9 Å². The Balaban J connectivity index is 2.74. The fraction of sp³-hybridized carbons (Fsp3) is 0.700. The van der Waals surface area contributed by atoms with E-state index in [1.165, 1.54) is 0 Å². The predicted molar refractivity (Wildman–Crippen MR) is 46.4 cm³/mol. The van der Waals surface area contributed by atoms with Crippen LogP contribution in [0.25, 0.3) is 0 Å². The van der Waals surface area contributed by atoms with Gasteiger partial charge in [0.05, 0.1) is 0 Å². The number of rotatable bonds is 0. The van der Waals surface area contributed by atoms with E-state index in [1.807, 2.05) is 6.92 Å². The molecule has 62 valence electrons. The van der Waals surface area contributed by atoms with Gasteiger partial charge in [0.25, 0.3) is 0 Å². The number of hydrogen-bond donors (Lipinski definition) is 0. The first-order valence-corrected chi connectivity index (χ1v) is 4.21. The van der Waals surface area contributed by atoms with E-state index in [0.29, 0.717) is 11.2 Å². The summed E-state index contributed by atoms with van der Waals surface area (Å²) in [5.41, 5.74) is 1.28. The molecule has 0 radical (unpaired) electrons. The Hall–Kier alpha value is -0.590. The standard InChI is InChI=1S/C10H16O/c1-8-4-6-10(2,3)7-5-9(8)11/h4H,5-7H2,1-3H3. The molecule has 0 saturated heterocycles. The summed E-state index contributed by atoms with van der Waals surface area (Å²) in [7, 11) is 0. The number of ketones is 1. The topological polar surface area (TPSA) is 17.1 Å². The number of hydrogen-bond acceptors (Lipinski definition) is 1. The smallest absolute Gasteiger partial charge is 0.158 e. The molecule has 0 aromatic carbocycles. The molecule has 0 heterocycles.